The molecule has 0 saturated carbocycles. The lowest BCUT2D eigenvalue weighted by Crippen LogP contribution is -2.14. The Morgan fingerprint density at radius 3 is 2.88 bits per heavy atom. The van der Waals surface area contributed by atoms with E-state index in [9.17, 15) is 8.60 Å². The SMILES string of the molecule is COc1cc(F)c2c(N3CCc4cc(NS(=O)O)ccc43)ccnc2c1. The first-order valence-corrected chi connectivity index (χ1v) is 9.07. The van der Waals surface area contributed by atoms with Crippen LogP contribution in [0.5, 0.6) is 5.75 Å². The monoisotopic (exact) mass is 373 g/mol. The molecule has 1 aromatic heterocycles. The zero-order valence-corrected chi connectivity index (χ0v) is 14.7. The number of aromatic nitrogens is 1. The molecule has 0 radical (unpaired) electrons. The number of rotatable bonds is 4. The van der Waals surface area contributed by atoms with Crippen molar-refractivity contribution < 1.29 is 17.9 Å². The third-order valence-corrected chi connectivity index (χ3v) is 4.86. The molecular weight excluding hydrogens is 357 g/mol. The molecular formula is C18H16FN3O3S. The zero-order chi connectivity index (χ0) is 18.3. The highest BCUT2D eigenvalue weighted by molar-refractivity contribution is 7.80. The highest BCUT2D eigenvalue weighted by atomic mass is 32.2. The first-order chi connectivity index (χ1) is 12.6. The smallest absolute Gasteiger partial charge is 0.259 e. The Balaban J connectivity index is 1.80. The van der Waals surface area contributed by atoms with Crippen LogP contribution >= 0.6 is 0 Å². The van der Waals surface area contributed by atoms with Crippen molar-refractivity contribution in [3.8, 4) is 5.75 Å². The van der Waals surface area contributed by atoms with Crippen molar-refractivity contribution in [2.45, 2.75) is 6.42 Å². The predicted molar refractivity (Wildman–Crippen MR) is 99.8 cm³/mol. The Labute approximate surface area is 152 Å². The van der Waals surface area contributed by atoms with Gasteiger partial charge in [0.15, 0.2) is 0 Å². The summed E-state index contributed by atoms with van der Waals surface area (Å²) in [5, 5.41) is 0.444. The topological polar surface area (TPSA) is 74.7 Å². The molecule has 1 aliphatic heterocycles. The fourth-order valence-corrected chi connectivity index (χ4v) is 3.68. The maximum atomic E-state index is 14.7. The number of nitrogens with one attached hydrogen (secondary N) is 1. The Hall–Kier alpha value is -2.71. The molecule has 1 atom stereocenters. The number of pyridine rings is 1. The minimum Gasteiger partial charge on any atom is -0.497 e. The summed E-state index contributed by atoms with van der Waals surface area (Å²) in [6.45, 7) is 0.686. The Morgan fingerprint density at radius 2 is 2.12 bits per heavy atom. The Kier molecular flexibility index (Phi) is 4.21. The Morgan fingerprint density at radius 1 is 1.27 bits per heavy atom. The average Bonchev–Trinajstić information content (AvgIpc) is 3.03. The summed E-state index contributed by atoms with van der Waals surface area (Å²) in [5.41, 5.74) is 3.81. The molecule has 0 amide bonds. The molecule has 2 aromatic carbocycles. The predicted octanol–water partition coefficient (Wildman–Crippen LogP) is 3.63. The molecule has 0 spiro atoms. The van der Waals surface area contributed by atoms with Crippen LogP contribution in [-0.4, -0.2) is 27.4 Å². The maximum Gasteiger partial charge on any atom is 0.259 e. The lowest BCUT2D eigenvalue weighted by atomic mass is 10.1. The summed E-state index contributed by atoms with van der Waals surface area (Å²) < 4.78 is 42.2. The quantitative estimate of drug-likeness (QED) is 0.683. The fraction of sp³-hybridized carbons (Fsp3) is 0.167. The number of halogens is 1. The number of benzene rings is 2. The minimum absolute atomic E-state index is 0.384. The zero-order valence-electron chi connectivity index (χ0n) is 13.9. The van der Waals surface area contributed by atoms with Gasteiger partial charge < -0.3 is 9.64 Å². The summed E-state index contributed by atoms with van der Waals surface area (Å²) in [4.78, 5) is 6.30. The first kappa shape index (κ1) is 16.7. The van der Waals surface area contributed by atoms with Crippen LogP contribution < -0.4 is 14.4 Å². The molecule has 0 saturated heterocycles. The van der Waals surface area contributed by atoms with E-state index in [4.69, 9.17) is 9.29 Å². The lowest BCUT2D eigenvalue weighted by Gasteiger charge is -2.22. The molecule has 26 heavy (non-hydrogen) atoms. The summed E-state index contributed by atoms with van der Waals surface area (Å²) in [6.07, 6.45) is 2.41. The molecule has 8 heteroatoms. The summed E-state index contributed by atoms with van der Waals surface area (Å²) in [6, 6.07) is 10.3. The first-order valence-electron chi connectivity index (χ1n) is 7.97. The fourth-order valence-electron chi connectivity index (χ4n) is 3.35. The number of fused-ring (bicyclic) bond motifs is 2. The average molecular weight is 373 g/mol. The normalized spacial score (nSPS) is 14.3. The third kappa shape index (κ3) is 2.87. The molecule has 2 N–H and O–H groups in total. The Bertz CT molecular complexity index is 1030. The minimum atomic E-state index is -2.12. The molecule has 0 aliphatic carbocycles. The van der Waals surface area contributed by atoms with Crippen molar-refractivity contribution >= 4 is 39.2 Å². The highest BCUT2D eigenvalue weighted by Gasteiger charge is 2.24. The van der Waals surface area contributed by atoms with Gasteiger partial charge >= 0.3 is 0 Å². The van der Waals surface area contributed by atoms with Crippen molar-refractivity contribution in [1.29, 1.82) is 0 Å². The van der Waals surface area contributed by atoms with Crippen molar-refractivity contribution in [3.63, 3.8) is 0 Å². The second-order valence-corrected chi connectivity index (χ2v) is 6.63. The van der Waals surface area contributed by atoms with Crippen LogP contribution in [0.3, 0.4) is 0 Å². The van der Waals surface area contributed by atoms with Crippen molar-refractivity contribution in [1.82, 2.24) is 4.98 Å². The molecule has 1 aliphatic rings. The van der Waals surface area contributed by atoms with E-state index in [0.717, 1.165) is 23.4 Å². The van der Waals surface area contributed by atoms with Crippen LogP contribution in [0, 0.1) is 5.82 Å². The van der Waals surface area contributed by atoms with E-state index in [1.165, 1.54) is 13.2 Å². The number of nitrogens with zero attached hydrogens (tertiary/aromatic N) is 2. The summed E-state index contributed by atoms with van der Waals surface area (Å²) >= 11 is -2.12. The summed E-state index contributed by atoms with van der Waals surface area (Å²) in [7, 11) is 1.49. The van der Waals surface area contributed by atoms with Gasteiger partial charge in [-0.25, -0.2) is 8.60 Å². The van der Waals surface area contributed by atoms with Gasteiger partial charge in [-0.2, -0.15) is 0 Å². The largest absolute Gasteiger partial charge is 0.497 e. The van der Waals surface area contributed by atoms with Crippen molar-refractivity contribution in [2.24, 2.45) is 0 Å². The molecule has 3 aromatic rings. The van der Waals surface area contributed by atoms with Crippen LogP contribution in [-0.2, 0) is 17.7 Å². The number of hydrogen-bond donors (Lipinski definition) is 2. The van der Waals surface area contributed by atoms with Gasteiger partial charge in [-0.05, 0) is 36.2 Å². The molecule has 134 valence electrons. The van der Waals surface area contributed by atoms with E-state index < -0.39 is 11.3 Å². The van der Waals surface area contributed by atoms with Crippen LogP contribution in [0.25, 0.3) is 10.9 Å². The van der Waals surface area contributed by atoms with E-state index in [1.807, 2.05) is 17.0 Å². The van der Waals surface area contributed by atoms with Gasteiger partial charge in [0.2, 0.25) is 0 Å². The maximum absolute atomic E-state index is 14.7. The van der Waals surface area contributed by atoms with Gasteiger partial charge in [0.05, 0.1) is 23.7 Å². The van der Waals surface area contributed by atoms with Gasteiger partial charge in [0, 0.05) is 36.2 Å². The van der Waals surface area contributed by atoms with E-state index in [-0.39, 0.29) is 5.82 Å². The van der Waals surface area contributed by atoms with E-state index in [0.29, 0.717) is 28.9 Å². The number of methoxy groups -OCH3 is 1. The van der Waals surface area contributed by atoms with Crippen molar-refractivity contribution in [3.05, 3.63) is 54.0 Å². The third-order valence-electron chi connectivity index (χ3n) is 4.45. The highest BCUT2D eigenvalue weighted by Crippen LogP contribution is 2.40. The van der Waals surface area contributed by atoms with Gasteiger partial charge in [-0.3, -0.25) is 14.3 Å². The van der Waals surface area contributed by atoms with E-state index >= 15 is 0 Å². The molecule has 0 fully saturated rings. The summed E-state index contributed by atoms with van der Waals surface area (Å²) in [5.74, 6) is 0.0408. The van der Waals surface area contributed by atoms with E-state index in [1.54, 1.807) is 24.4 Å². The molecule has 1 unspecified atom stereocenters. The number of hydrogen-bond acceptors (Lipinski definition) is 4. The van der Waals surface area contributed by atoms with Crippen LogP contribution in [0.4, 0.5) is 21.5 Å². The van der Waals surface area contributed by atoms with Gasteiger partial charge in [-0.1, -0.05) is 0 Å². The second-order valence-electron chi connectivity index (χ2n) is 5.93. The van der Waals surface area contributed by atoms with Crippen molar-refractivity contribution in [2.75, 3.05) is 23.3 Å². The van der Waals surface area contributed by atoms with Gasteiger partial charge in [0.25, 0.3) is 11.3 Å². The molecule has 6 nitrogen and oxygen atoms in total. The van der Waals surface area contributed by atoms with Crippen LogP contribution in [0.2, 0.25) is 0 Å². The number of ether oxygens (including phenoxy) is 1. The van der Waals surface area contributed by atoms with Gasteiger partial charge in [0.1, 0.15) is 11.6 Å². The molecule has 0 bridgehead atoms. The second kappa shape index (κ2) is 6.54. The van der Waals surface area contributed by atoms with Crippen LogP contribution in [0.1, 0.15) is 5.56 Å². The van der Waals surface area contributed by atoms with Crippen LogP contribution in [0.15, 0.2) is 42.6 Å². The lowest BCUT2D eigenvalue weighted by molar-refractivity contribution is 0.412. The standard InChI is InChI=1S/C18H16FN3O3S/c1-25-13-9-14(19)18-15(10-13)20-6-4-17(18)22-7-5-11-8-12(21-26(23)24)2-3-16(11)22/h2-4,6,8-10,21H,5,7H2,1H3,(H,23,24). The van der Waals surface area contributed by atoms with E-state index in [2.05, 4.69) is 9.71 Å². The number of anilines is 3. The molecule has 2 heterocycles. The molecule has 4 rings (SSSR count). The van der Waals surface area contributed by atoms with Gasteiger partial charge in [-0.15, -0.1) is 0 Å².